The van der Waals surface area contributed by atoms with Gasteiger partial charge in [-0.3, -0.25) is 19.3 Å². The van der Waals surface area contributed by atoms with E-state index in [-0.39, 0.29) is 30.3 Å². The zero-order valence-electron chi connectivity index (χ0n) is 22.1. The minimum absolute atomic E-state index is 0.000894. The van der Waals surface area contributed by atoms with Crippen LogP contribution in [0.2, 0.25) is 0 Å². The molecule has 9 heteroatoms. The lowest BCUT2D eigenvalue weighted by Crippen LogP contribution is -2.47. The van der Waals surface area contributed by atoms with Gasteiger partial charge in [0.2, 0.25) is 11.8 Å². The Kier molecular flexibility index (Phi) is 7.83. The van der Waals surface area contributed by atoms with Crippen LogP contribution in [0.4, 0.5) is 5.69 Å². The van der Waals surface area contributed by atoms with Crippen molar-refractivity contribution in [3.05, 3.63) is 29.3 Å². The molecule has 1 aromatic rings. The number of hydrogen-bond donors (Lipinski definition) is 1. The molecule has 3 aliphatic heterocycles. The molecule has 3 saturated heterocycles. The zero-order chi connectivity index (χ0) is 26.1. The first-order chi connectivity index (χ1) is 17.9. The van der Waals surface area contributed by atoms with Gasteiger partial charge in [-0.15, -0.1) is 0 Å². The van der Waals surface area contributed by atoms with Crippen LogP contribution in [-0.2, 0) is 19.1 Å². The number of primary amides is 1. The first kappa shape index (κ1) is 26.1. The van der Waals surface area contributed by atoms with Crippen LogP contribution >= 0.6 is 0 Å². The molecular formula is C28H40N4O5. The first-order valence-electron chi connectivity index (χ1n) is 13.8. The number of methoxy groups -OCH3 is 1. The summed E-state index contributed by atoms with van der Waals surface area (Å²) in [5, 5.41) is 0. The summed E-state index contributed by atoms with van der Waals surface area (Å²) in [6, 6.07) is 5.13. The molecule has 4 fully saturated rings. The van der Waals surface area contributed by atoms with Gasteiger partial charge in [-0.1, -0.05) is 19.8 Å². The third-order valence-electron chi connectivity index (χ3n) is 8.77. The van der Waals surface area contributed by atoms with Crippen molar-refractivity contribution in [3.8, 4) is 0 Å². The number of rotatable bonds is 8. The lowest BCUT2D eigenvalue weighted by atomic mass is 9.80. The maximum atomic E-state index is 14.4. The van der Waals surface area contributed by atoms with Gasteiger partial charge >= 0.3 is 0 Å². The van der Waals surface area contributed by atoms with E-state index in [1.165, 1.54) is 0 Å². The van der Waals surface area contributed by atoms with E-state index in [1.54, 1.807) is 18.1 Å². The fourth-order valence-electron chi connectivity index (χ4n) is 6.88. The van der Waals surface area contributed by atoms with Crippen LogP contribution < -0.4 is 10.6 Å². The highest BCUT2D eigenvalue weighted by molar-refractivity contribution is 5.99. The molecule has 37 heavy (non-hydrogen) atoms. The van der Waals surface area contributed by atoms with Crippen molar-refractivity contribution in [3.63, 3.8) is 0 Å². The standard InChI is InChI=1S/C28H40N4O5/c1-3-10-30-11-13-31(14-12-30)19-8-9-20(27(29)34)21(15-19)24(18-6-4-5-7-18)28(35)32-16-23(36-2)26-25(32)22(33)17-37-26/h8-9,15,18,23-26H,3-7,10-14,16-17H2,1-2H3,(H2,29,34)/t23-,24+,25-,26-/m1/s1. The number of hydrogen-bond acceptors (Lipinski definition) is 7. The van der Waals surface area contributed by atoms with Gasteiger partial charge in [-0.05, 0) is 55.5 Å². The Hall–Kier alpha value is -2.49. The summed E-state index contributed by atoms with van der Waals surface area (Å²) in [7, 11) is 1.59. The molecule has 2 N–H and O–H groups in total. The number of ketones is 1. The fourth-order valence-corrected chi connectivity index (χ4v) is 6.88. The Balaban J connectivity index is 1.49. The van der Waals surface area contributed by atoms with Crippen LogP contribution in [-0.4, -0.2) is 98.6 Å². The Labute approximate surface area is 219 Å². The minimum Gasteiger partial charge on any atom is -0.377 e. The average Bonchev–Trinajstić information content (AvgIpc) is 3.64. The van der Waals surface area contributed by atoms with Crippen molar-refractivity contribution in [2.75, 3.05) is 57.9 Å². The largest absolute Gasteiger partial charge is 0.377 e. The molecule has 4 aliphatic rings. The number of carbonyl (C=O) groups excluding carboxylic acids is 3. The van der Waals surface area contributed by atoms with Gasteiger partial charge in [0, 0.05) is 44.5 Å². The number of Topliss-reactive ketones (excluding diaryl/α,β-unsaturated/α-hetero) is 1. The first-order valence-corrected chi connectivity index (χ1v) is 13.8. The van der Waals surface area contributed by atoms with Crippen LogP contribution in [0.5, 0.6) is 0 Å². The minimum atomic E-state index is -0.631. The van der Waals surface area contributed by atoms with Crippen molar-refractivity contribution in [1.29, 1.82) is 0 Å². The maximum absolute atomic E-state index is 14.4. The molecule has 5 rings (SSSR count). The number of nitrogens with two attached hydrogens (primary N) is 1. The molecule has 4 atom stereocenters. The van der Waals surface area contributed by atoms with Crippen molar-refractivity contribution in [2.45, 2.75) is 63.2 Å². The van der Waals surface area contributed by atoms with Gasteiger partial charge in [0.15, 0.2) is 5.78 Å². The van der Waals surface area contributed by atoms with Crippen molar-refractivity contribution < 1.29 is 23.9 Å². The molecule has 0 spiro atoms. The van der Waals surface area contributed by atoms with E-state index in [4.69, 9.17) is 15.2 Å². The number of likely N-dealkylation sites (tertiary alicyclic amines) is 1. The number of fused-ring (bicyclic) bond motifs is 1. The third-order valence-corrected chi connectivity index (χ3v) is 8.77. The molecule has 1 aromatic carbocycles. The third kappa shape index (κ3) is 5.01. The lowest BCUT2D eigenvalue weighted by Gasteiger charge is -2.37. The Morgan fingerprint density at radius 3 is 2.54 bits per heavy atom. The van der Waals surface area contributed by atoms with E-state index in [1.807, 2.05) is 12.1 Å². The van der Waals surface area contributed by atoms with Crippen molar-refractivity contribution in [2.24, 2.45) is 11.7 Å². The number of piperazine rings is 1. The summed E-state index contributed by atoms with van der Waals surface area (Å²) in [4.78, 5) is 46.2. The zero-order valence-corrected chi connectivity index (χ0v) is 22.1. The van der Waals surface area contributed by atoms with Gasteiger partial charge in [0.25, 0.3) is 0 Å². The highest BCUT2D eigenvalue weighted by Gasteiger charge is 2.54. The number of anilines is 1. The predicted octanol–water partition coefficient (Wildman–Crippen LogP) is 1.79. The highest BCUT2D eigenvalue weighted by Crippen LogP contribution is 2.43. The fraction of sp³-hybridized carbons (Fsp3) is 0.679. The van der Waals surface area contributed by atoms with E-state index in [0.29, 0.717) is 17.7 Å². The SMILES string of the molecule is CCCN1CCN(c2ccc(C(N)=O)c([C@@H](C(=O)N3C[C@@H](OC)[C@H]4OCC(=O)[C@H]43)C3CCCC3)c2)CC1. The molecule has 0 radical (unpaired) electrons. The topological polar surface area (TPSA) is 105 Å². The van der Waals surface area contributed by atoms with Crippen LogP contribution in [0.25, 0.3) is 0 Å². The van der Waals surface area contributed by atoms with Crippen LogP contribution in [0.3, 0.4) is 0 Å². The summed E-state index contributed by atoms with van der Waals surface area (Å²) in [6.45, 7) is 7.38. The van der Waals surface area contributed by atoms with Gasteiger partial charge in [-0.25, -0.2) is 0 Å². The molecule has 1 saturated carbocycles. The van der Waals surface area contributed by atoms with Gasteiger partial charge in [0.05, 0.1) is 12.5 Å². The molecule has 0 unspecified atom stereocenters. The molecule has 2 amide bonds. The molecule has 0 bridgehead atoms. The summed E-state index contributed by atoms with van der Waals surface area (Å²) in [5.74, 6) is -1.17. The average molecular weight is 513 g/mol. The summed E-state index contributed by atoms with van der Waals surface area (Å²) in [5.41, 5.74) is 7.96. The number of ether oxygens (including phenoxy) is 2. The van der Waals surface area contributed by atoms with Crippen LogP contribution in [0.1, 0.15) is 60.9 Å². The van der Waals surface area contributed by atoms with E-state index in [9.17, 15) is 14.4 Å². The Bertz CT molecular complexity index is 1020. The second kappa shape index (κ2) is 11.1. The molecule has 1 aliphatic carbocycles. The van der Waals surface area contributed by atoms with Crippen LogP contribution in [0, 0.1) is 5.92 Å². The number of nitrogens with zero attached hydrogens (tertiary/aromatic N) is 3. The second-order valence-electron chi connectivity index (χ2n) is 10.9. The maximum Gasteiger partial charge on any atom is 0.249 e. The molecule has 3 heterocycles. The number of benzene rings is 1. The Morgan fingerprint density at radius 2 is 1.89 bits per heavy atom. The normalized spacial score (nSPS) is 27.6. The Morgan fingerprint density at radius 1 is 1.16 bits per heavy atom. The van der Waals surface area contributed by atoms with Crippen LogP contribution in [0.15, 0.2) is 18.2 Å². The highest BCUT2D eigenvalue weighted by atomic mass is 16.5. The van der Waals surface area contributed by atoms with Crippen molar-refractivity contribution in [1.82, 2.24) is 9.80 Å². The van der Waals surface area contributed by atoms with Gasteiger partial charge < -0.3 is 25.0 Å². The number of amides is 2. The predicted molar refractivity (Wildman–Crippen MR) is 140 cm³/mol. The molecular weight excluding hydrogens is 472 g/mol. The lowest BCUT2D eigenvalue weighted by molar-refractivity contribution is -0.139. The van der Waals surface area contributed by atoms with E-state index in [2.05, 4.69) is 16.7 Å². The molecule has 9 nitrogen and oxygen atoms in total. The molecule has 202 valence electrons. The van der Waals surface area contributed by atoms with Crippen molar-refractivity contribution >= 4 is 23.3 Å². The van der Waals surface area contributed by atoms with E-state index >= 15 is 0 Å². The summed E-state index contributed by atoms with van der Waals surface area (Å²) < 4.78 is 11.3. The second-order valence-corrected chi connectivity index (χ2v) is 10.9. The quantitative estimate of drug-likeness (QED) is 0.566. The van der Waals surface area contributed by atoms with Gasteiger partial charge in [-0.2, -0.15) is 0 Å². The van der Waals surface area contributed by atoms with E-state index in [0.717, 1.165) is 70.5 Å². The molecule has 0 aromatic heterocycles. The van der Waals surface area contributed by atoms with E-state index < -0.39 is 24.0 Å². The summed E-state index contributed by atoms with van der Waals surface area (Å²) >= 11 is 0. The smallest absolute Gasteiger partial charge is 0.249 e. The summed E-state index contributed by atoms with van der Waals surface area (Å²) in [6.07, 6.45) is 4.28. The number of carbonyl (C=O) groups is 3. The van der Waals surface area contributed by atoms with Gasteiger partial charge in [0.1, 0.15) is 24.9 Å². The monoisotopic (exact) mass is 512 g/mol.